The molecule has 0 unspecified atom stereocenters. The summed E-state index contributed by atoms with van der Waals surface area (Å²) < 4.78 is 38.0. The van der Waals surface area contributed by atoms with Gasteiger partial charge in [0, 0.05) is 18.8 Å². The van der Waals surface area contributed by atoms with Crippen LogP contribution < -0.4 is 10.6 Å². The van der Waals surface area contributed by atoms with Crippen molar-refractivity contribution in [1.29, 1.82) is 0 Å². The number of amides is 2. The van der Waals surface area contributed by atoms with Gasteiger partial charge in [-0.15, -0.1) is 0 Å². The summed E-state index contributed by atoms with van der Waals surface area (Å²) in [5, 5.41) is 18.1. The van der Waals surface area contributed by atoms with Crippen molar-refractivity contribution in [1.82, 2.24) is 5.32 Å². The van der Waals surface area contributed by atoms with Gasteiger partial charge in [-0.25, -0.2) is 4.79 Å². The molecule has 0 bridgehead atoms. The average molecular weight is 372 g/mol. The Labute approximate surface area is 147 Å². The fourth-order valence-electron chi connectivity index (χ4n) is 2.45. The first-order valence-electron chi connectivity index (χ1n) is 7.75. The van der Waals surface area contributed by atoms with Crippen molar-refractivity contribution >= 4 is 23.1 Å². The van der Waals surface area contributed by atoms with Gasteiger partial charge in [-0.2, -0.15) is 24.5 Å². The van der Waals surface area contributed by atoms with Gasteiger partial charge in [0.05, 0.1) is 5.56 Å². The fourth-order valence-corrected chi connectivity index (χ4v) is 3.19. The lowest BCUT2D eigenvalue weighted by molar-refractivity contribution is -0.137. The highest BCUT2D eigenvalue weighted by atomic mass is 32.1. The van der Waals surface area contributed by atoms with E-state index in [-0.39, 0.29) is 18.2 Å². The molecule has 0 aliphatic rings. The quantitative estimate of drug-likeness (QED) is 0.673. The van der Waals surface area contributed by atoms with Crippen LogP contribution in [0.15, 0.2) is 41.1 Å². The normalized spacial score (nSPS) is 12.6. The maximum atomic E-state index is 12.7. The number of urea groups is 1. The molecule has 2 rings (SSSR count). The molecule has 3 N–H and O–H groups in total. The highest BCUT2D eigenvalue weighted by Gasteiger charge is 2.30. The Hall–Kier alpha value is -2.06. The molecule has 0 fully saturated rings. The van der Waals surface area contributed by atoms with E-state index in [1.807, 2.05) is 16.8 Å². The van der Waals surface area contributed by atoms with Gasteiger partial charge in [0.25, 0.3) is 0 Å². The summed E-state index contributed by atoms with van der Waals surface area (Å²) >= 11 is 1.57. The Morgan fingerprint density at radius 1 is 1.24 bits per heavy atom. The fraction of sp³-hybridized carbons (Fsp3) is 0.353. The molecule has 0 aliphatic carbocycles. The van der Waals surface area contributed by atoms with Gasteiger partial charge < -0.3 is 15.7 Å². The van der Waals surface area contributed by atoms with Crippen molar-refractivity contribution in [2.75, 3.05) is 18.5 Å². The van der Waals surface area contributed by atoms with Crippen LogP contribution in [0, 0.1) is 0 Å². The van der Waals surface area contributed by atoms with E-state index in [4.69, 9.17) is 5.11 Å². The monoisotopic (exact) mass is 372 g/mol. The largest absolute Gasteiger partial charge is 0.416 e. The third-order valence-electron chi connectivity index (χ3n) is 3.72. The van der Waals surface area contributed by atoms with Crippen LogP contribution in [-0.4, -0.2) is 24.3 Å². The lowest BCUT2D eigenvalue weighted by atomic mass is 9.95. The predicted octanol–water partition coefficient (Wildman–Crippen LogP) is 4.44. The first-order chi connectivity index (χ1) is 11.9. The maximum Gasteiger partial charge on any atom is 0.416 e. The second kappa shape index (κ2) is 8.87. The SMILES string of the molecule is O=C(NCC[C@@H](CCO)c1ccsc1)Nc1cccc(C(F)(F)F)c1. The zero-order valence-corrected chi connectivity index (χ0v) is 14.2. The van der Waals surface area contributed by atoms with Gasteiger partial charge in [0.2, 0.25) is 0 Å². The number of carbonyl (C=O) groups excluding carboxylic acids is 1. The van der Waals surface area contributed by atoms with Gasteiger partial charge in [-0.1, -0.05) is 6.07 Å². The van der Waals surface area contributed by atoms with Crippen molar-refractivity contribution in [2.45, 2.75) is 24.9 Å². The van der Waals surface area contributed by atoms with Crippen molar-refractivity contribution in [3.63, 3.8) is 0 Å². The summed E-state index contributed by atoms with van der Waals surface area (Å²) in [7, 11) is 0. The summed E-state index contributed by atoms with van der Waals surface area (Å²) in [4.78, 5) is 11.8. The van der Waals surface area contributed by atoms with Crippen molar-refractivity contribution in [2.24, 2.45) is 0 Å². The maximum absolute atomic E-state index is 12.7. The van der Waals surface area contributed by atoms with Gasteiger partial charge in [-0.05, 0) is 59.3 Å². The molecule has 8 heteroatoms. The predicted molar refractivity (Wildman–Crippen MR) is 91.8 cm³/mol. The third kappa shape index (κ3) is 6.06. The molecular formula is C17H19F3N2O2S. The zero-order valence-electron chi connectivity index (χ0n) is 13.3. The Kier molecular flexibility index (Phi) is 6.83. The Bertz CT molecular complexity index is 675. The first kappa shape index (κ1) is 19.3. The Balaban J connectivity index is 1.84. The highest BCUT2D eigenvalue weighted by Crippen LogP contribution is 2.30. The first-order valence-corrected chi connectivity index (χ1v) is 8.69. The summed E-state index contributed by atoms with van der Waals surface area (Å²) in [6, 6.07) is 5.89. The number of halogens is 3. The van der Waals surface area contributed by atoms with E-state index in [0.29, 0.717) is 19.4 Å². The molecule has 1 aromatic carbocycles. The minimum absolute atomic E-state index is 0.0525. The number of aliphatic hydroxyl groups is 1. The summed E-state index contributed by atoms with van der Waals surface area (Å²) in [5.74, 6) is 0.130. The number of alkyl halides is 3. The van der Waals surface area contributed by atoms with Crippen molar-refractivity contribution < 1.29 is 23.1 Å². The highest BCUT2D eigenvalue weighted by molar-refractivity contribution is 7.07. The van der Waals surface area contributed by atoms with E-state index in [0.717, 1.165) is 17.7 Å². The summed E-state index contributed by atoms with van der Waals surface area (Å²) in [6.45, 7) is 0.405. The molecule has 2 amide bonds. The topological polar surface area (TPSA) is 61.4 Å². The minimum atomic E-state index is -4.45. The van der Waals surface area contributed by atoms with E-state index in [1.165, 1.54) is 12.1 Å². The number of carbonyl (C=O) groups is 1. The summed E-state index contributed by atoms with van der Waals surface area (Å²) in [5.41, 5.74) is 0.377. The smallest absolute Gasteiger partial charge is 0.396 e. The number of anilines is 1. The number of nitrogens with one attached hydrogen (secondary N) is 2. The molecule has 0 saturated heterocycles. The molecule has 4 nitrogen and oxygen atoms in total. The second-order valence-corrected chi connectivity index (χ2v) is 6.29. The molecule has 25 heavy (non-hydrogen) atoms. The molecule has 0 aliphatic heterocycles. The molecule has 0 saturated carbocycles. The van der Waals surface area contributed by atoms with Crippen LogP contribution in [0.2, 0.25) is 0 Å². The van der Waals surface area contributed by atoms with Crippen molar-refractivity contribution in [3.8, 4) is 0 Å². The lowest BCUT2D eigenvalue weighted by Gasteiger charge is -2.15. The molecule has 1 heterocycles. The van der Waals surface area contributed by atoms with Gasteiger partial charge in [-0.3, -0.25) is 0 Å². The number of benzene rings is 1. The number of hydrogen-bond acceptors (Lipinski definition) is 3. The van der Waals surface area contributed by atoms with Crippen LogP contribution in [0.25, 0.3) is 0 Å². The Morgan fingerprint density at radius 3 is 2.68 bits per heavy atom. The number of rotatable bonds is 7. The zero-order chi connectivity index (χ0) is 18.3. The van der Waals surface area contributed by atoms with Crippen LogP contribution in [0.3, 0.4) is 0 Å². The average Bonchev–Trinajstić information content (AvgIpc) is 3.08. The molecule has 0 radical (unpaired) electrons. The van der Waals surface area contributed by atoms with Crippen LogP contribution >= 0.6 is 11.3 Å². The van der Waals surface area contributed by atoms with E-state index < -0.39 is 17.8 Å². The number of thiophene rings is 1. The standard InChI is InChI=1S/C17H19F3N2O2S/c18-17(19,20)14-2-1-3-15(10-14)22-16(24)21-7-4-12(5-8-23)13-6-9-25-11-13/h1-3,6,9-12,23H,4-5,7-8H2,(H2,21,22,24)/t12-/m0/s1. The third-order valence-corrected chi connectivity index (χ3v) is 4.42. The van der Waals surface area contributed by atoms with Crippen LogP contribution in [0.1, 0.15) is 29.9 Å². The van der Waals surface area contributed by atoms with Gasteiger partial charge in [0.15, 0.2) is 0 Å². The van der Waals surface area contributed by atoms with Crippen LogP contribution in [0.5, 0.6) is 0 Å². The van der Waals surface area contributed by atoms with E-state index in [2.05, 4.69) is 10.6 Å². The van der Waals surface area contributed by atoms with Crippen molar-refractivity contribution in [3.05, 3.63) is 52.2 Å². The van der Waals surface area contributed by atoms with Gasteiger partial charge in [0.1, 0.15) is 0 Å². The summed E-state index contributed by atoms with van der Waals surface area (Å²) in [6.07, 6.45) is -3.23. The Morgan fingerprint density at radius 2 is 2.04 bits per heavy atom. The second-order valence-electron chi connectivity index (χ2n) is 5.51. The molecule has 1 aromatic heterocycles. The molecule has 1 atom stereocenters. The number of hydrogen-bond donors (Lipinski definition) is 3. The molecule has 136 valence electrons. The van der Waals surface area contributed by atoms with Crippen LogP contribution in [0.4, 0.5) is 23.7 Å². The molecular weight excluding hydrogens is 353 g/mol. The van der Waals surface area contributed by atoms with E-state index in [9.17, 15) is 18.0 Å². The number of aliphatic hydroxyl groups excluding tert-OH is 1. The van der Waals surface area contributed by atoms with Gasteiger partial charge >= 0.3 is 12.2 Å². The molecule has 0 spiro atoms. The lowest BCUT2D eigenvalue weighted by Crippen LogP contribution is -2.30. The van der Waals surface area contributed by atoms with Crippen LogP contribution in [-0.2, 0) is 6.18 Å². The van der Waals surface area contributed by atoms with E-state index in [1.54, 1.807) is 11.3 Å². The minimum Gasteiger partial charge on any atom is -0.396 e. The molecule has 2 aromatic rings. The van der Waals surface area contributed by atoms with E-state index >= 15 is 0 Å².